The number of nitrogens with zero attached hydrogens (tertiary/aromatic N) is 2. The van der Waals surface area contributed by atoms with Crippen molar-refractivity contribution in [3.63, 3.8) is 0 Å². The van der Waals surface area contributed by atoms with Crippen molar-refractivity contribution in [2.24, 2.45) is 17.6 Å². The van der Waals surface area contributed by atoms with Gasteiger partial charge >= 0.3 is 0 Å². The second-order valence-corrected chi connectivity index (χ2v) is 9.36. The summed E-state index contributed by atoms with van der Waals surface area (Å²) in [6.07, 6.45) is 4.96. The molecule has 2 aliphatic rings. The molecular weight excluding hydrogens is 396 g/mol. The molecule has 1 aliphatic heterocycles. The molecule has 154 valence electrons. The van der Waals surface area contributed by atoms with E-state index in [1.165, 1.54) is 10.4 Å². The third-order valence-corrected chi connectivity index (χ3v) is 7.25. The molecule has 28 heavy (non-hydrogen) atoms. The highest BCUT2D eigenvalue weighted by atomic mass is 35.5. The van der Waals surface area contributed by atoms with Crippen LogP contribution in [0.2, 0.25) is 0 Å². The number of aromatic nitrogens is 2. The maximum atomic E-state index is 12.7. The number of carbonyl (C=O) groups excluding carboxylic acids is 1. The maximum Gasteiger partial charge on any atom is 0.259 e. The molecule has 1 aliphatic carbocycles. The Hall–Kier alpha value is -1.44. The van der Waals surface area contributed by atoms with Crippen molar-refractivity contribution in [2.45, 2.75) is 58.4 Å². The average Bonchev–Trinajstić information content (AvgIpc) is 3.19. The molecule has 1 fully saturated rings. The van der Waals surface area contributed by atoms with Crippen molar-refractivity contribution in [3.8, 4) is 0 Å². The Kier molecular flexibility index (Phi) is 6.47. The van der Waals surface area contributed by atoms with Gasteiger partial charge in [0.2, 0.25) is 5.91 Å². The fraction of sp³-hybridized carbons (Fsp3) is 0.650. The molecule has 3 atom stereocenters. The van der Waals surface area contributed by atoms with E-state index in [1.54, 1.807) is 11.3 Å². The van der Waals surface area contributed by atoms with Crippen molar-refractivity contribution >= 4 is 39.9 Å². The highest BCUT2D eigenvalue weighted by Gasteiger charge is 2.31. The van der Waals surface area contributed by atoms with Gasteiger partial charge in [0.15, 0.2) is 0 Å². The van der Waals surface area contributed by atoms with E-state index in [0.29, 0.717) is 37.0 Å². The monoisotopic (exact) mass is 424 g/mol. The van der Waals surface area contributed by atoms with Crippen LogP contribution in [-0.4, -0.2) is 39.9 Å². The SMILES string of the molecule is CC1CCc2c(sc3nc(CCC(=O)N4CC(CN)CC4C)[nH]c(=O)c23)C1.Cl. The number of aryl methyl sites for hydroxylation is 2. The van der Waals surface area contributed by atoms with Gasteiger partial charge in [-0.1, -0.05) is 6.92 Å². The van der Waals surface area contributed by atoms with Crippen molar-refractivity contribution < 1.29 is 4.79 Å². The third kappa shape index (κ3) is 3.98. The standard InChI is InChI=1S/C20H28N4O2S.ClH/c1-11-3-4-14-15(7-11)27-20-18(14)19(26)22-16(23-20)5-6-17(25)24-10-13(9-21)8-12(24)2;/h11-13H,3-10,21H2,1-2H3,(H,22,23,26);1H. The molecule has 4 rings (SSSR count). The van der Waals surface area contributed by atoms with Crippen molar-refractivity contribution in [1.29, 1.82) is 0 Å². The number of hydrogen-bond acceptors (Lipinski definition) is 5. The molecule has 0 aromatic carbocycles. The zero-order chi connectivity index (χ0) is 19.1. The first-order chi connectivity index (χ1) is 13.0. The molecule has 0 spiro atoms. The predicted octanol–water partition coefficient (Wildman–Crippen LogP) is 2.66. The summed E-state index contributed by atoms with van der Waals surface area (Å²) < 4.78 is 0. The van der Waals surface area contributed by atoms with Crippen molar-refractivity contribution in [1.82, 2.24) is 14.9 Å². The van der Waals surface area contributed by atoms with Crippen molar-refractivity contribution in [3.05, 3.63) is 26.6 Å². The van der Waals surface area contributed by atoms with Crippen LogP contribution in [0.15, 0.2) is 4.79 Å². The van der Waals surface area contributed by atoms with Gasteiger partial charge in [0, 0.05) is 30.3 Å². The van der Waals surface area contributed by atoms with Crippen LogP contribution in [0.4, 0.5) is 0 Å². The molecule has 2 aromatic rings. The van der Waals surface area contributed by atoms with Crippen LogP contribution in [0.3, 0.4) is 0 Å². The fourth-order valence-corrected chi connectivity index (χ4v) is 5.94. The zero-order valence-electron chi connectivity index (χ0n) is 16.5. The van der Waals surface area contributed by atoms with Crippen LogP contribution >= 0.6 is 23.7 Å². The Labute approximate surface area is 175 Å². The molecule has 0 radical (unpaired) electrons. The molecule has 8 heteroatoms. The highest BCUT2D eigenvalue weighted by Crippen LogP contribution is 2.35. The van der Waals surface area contributed by atoms with Crippen LogP contribution in [-0.2, 0) is 24.1 Å². The van der Waals surface area contributed by atoms with Crippen LogP contribution in [0, 0.1) is 11.8 Å². The summed E-state index contributed by atoms with van der Waals surface area (Å²) in [5, 5.41) is 0.774. The van der Waals surface area contributed by atoms with Gasteiger partial charge in [-0.25, -0.2) is 4.98 Å². The number of nitrogens with one attached hydrogen (secondary N) is 1. The third-order valence-electron chi connectivity index (χ3n) is 6.11. The first-order valence-electron chi connectivity index (χ1n) is 9.99. The lowest BCUT2D eigenvalue weighted by molar-refractivity contribution is -0.131. The number of thiophene rings is 1. The lowest BCUT2D eigenvalue weighted by Crippen LogP contribution is -2.34. The van der Waals surface area contributed by atoms with Gasteiger partial charge in [-0.3, -0.25) is 9.59 Å². The molecule has 0 saturated carbocycles. The first kappa shape index (κ1) is 21.3. The van der Waals surface area contributed by atoms with Crippen LogP contribution in [0.1, 0.15) is 49.4 Å². The van der Waals surface area contributed by atoms with Crippen LogP contribution < -0.4 is 11.3 Å². The van der Waals surface area contributed by atoms with Crippen LogP contribution in [0.5, 0.6) is 0 Å². The van der Waals surface area contributed by atoms with E-state index in [2.05, 4.69) is 23.8 Å². The number of fused-ring (bicyclic) bond motifs is 3. The number of H-pyrrole nitrogens is 1. The number of nitrogens with two attached hydrogens (primary N) is 1. The van der Waals surface area contributed by atoms with Gasteiger partial charge in [-0.15, -0.1) is 23.7 Å². The maximum absolute atomic E-state index is 12.7. The molecule has 1 amide bonds. The number of hydrogen-bond donors (Lipinski definition) is 2. The summed E-state index contributed by atoms with van der Waals surface area (Å²) >= 11 is 1.65. The van der Waals surface area contributed by atoms with E-state index in [1.807, 2.05) is 4.90 Å². The number of likely N-dealkylation sites (tertiary alicyclic amines) is 1. The number of aromatic amines is 1. The van der Waals surface area contributed by atoms with E-state index in [-0.39, 0.29) is 29.9 Å². The largest absolute Gasteiger partial charge is 0.340 e. The second-order valence-electron chi connectivity index (χ2n) is 8.28. The fourth-order valence-electron chi connectivity index (χ4n) is 4.54. The Balaban J connectivity index is 0.00000225. The highest BCUT2D eigenvalue weighted by molar-refractivity contribution is 7.18. The molecule has 6 nitrogen and oxygen atoms in total. The van der Waals surface area contributed by atoms with E-state index in [4.69, 9.17) is 5.73 Å². The van der Waals surface area contributed by atoms with E-state index < -0.39 is 0 Å². The minimum absolute atomic E-state index is 0. The Morgan fingerprint density at radius 1 is 1.39 bits per heavy atom. The summed E-state index contributed by atoms with van der Waals surface area (Å²) in [7, 11) is 0. The number of rotatable bonds is 4. The minimum atomic E-state index is -0.0489. The van der Waals surface area contributed by atoms with Crippen molar-refractivity contribution in [2.75, 3.05) is 13.1 Å². The average molecular weight is 425 g/mol. The van der Waals surface area contributed by atoms with E-state index in [0.717, 1.165) is 42.4 Å². The number of halogens is 1. The molecule has 3 N–H and O–H groups in total. The first-order valence-corrected chi connectivity index (χ1v) is 10.8. The lowest BCUT2D eigenvalue weighted by atomic mass is 9.89. The summed E-state index contributed by atoms with van der Waals surface area (Å²) in [5.74, 6) is 1.81. The predicted molar refractivity (Wildman–Crippen MR) is 115 cm³/mol. The van der Waals surface area contributed by atoms with Gasteiger partial charge in [0.1, 0.15) is 10.7 Å². The number of carbonyl (C=O) groups is 1. The Morgan fingerprint density at radius 3 is 2.89 bits per heavy atom. The smallest absolute Gasteiger partial charge is 0.259 e. The summed E-state index contributed by atoms with van der Waals surface area (Å²) in [6.45, 7) is 5.71. The van der Waals surface area contributed by atoms with Gasteiger partial charge < -0.3 is 15.6 Å². The second kappa shape index (κ2) is 8.51. The van der Waals surface area contributed by atoms with Crippen LogP contribution in [0.25, 0.3) is 10.2 Å². The molecule has 2 aromatic heterocycles. The van der Waals surface area contributed by atoms with Gasteiger partial charge in [-0.05, 0) is 56.6 Å². The summed E-state index contributed by atoms with van der Waals surface area (Å²) in [6, 6.07) is 0.242. The summed E-state index contributed by atoms with van der Waals surface area (Å²) in [5.41, 5.74) is 6.90. The van der Waals surface area contributed by atoms with Gasteiger partial charge in [0.25, 0.3) is 5.56 Å². The molecule has 3 unspecified atom stereocenters. The Bertz CT molecular complexity index is 925. The van der Waals surface area contributed by atoms with E-state index in [9.17, 15) is 9.59 Å². The minimum Gasteiger partial charge on any atom is -0.340 e. The Morgan fingerprint density at radius 2 is 2.18 bits per heavy atom. The summed E-state index contributed by atoms with van der Waals surface area (Å²) in [4.78, 5) is 36.9. The molecule has 1 saturated heterocycles. The van der Waals surface area contributed by atoms with Gasteiger partial charge in [-0.2, -0.15) is 0 Å². The van der Waals surface area contributed by atoms with E-state index >= 15 is 0 Å². The topological polar surface area (TPSA) is 92.1 Å². The zero-order valence-corrected chi connectivity index (χ0v) is 18.1. The molecule has 3 heterocycles. The molecule has 0 bridgehead atoms. The quantitative estimate of drug-likeness (QED) is 0.789. The lowest BCUT2D eigenvalue weighted by Gasteiger charge is -2.21. The van der Waals surface area contributed by atoms with Gasteiger partial charge in [0.05, 0.1) is 5.39 Å². The normalized spacial score (nSPS) is 24.2. The number of amides is 1. The molecular formula is C20H29ClN4O2S.